The first kappa shape index (κ1) is 19.2. The molecule has 1 heterocycles. The quantitative estimate of drug-likeness (QED) is 0.430. The van der Waals surface area contributed by atoms with E-state index >= 15 is 0 Å². The van der Waals surface area contributed by atoms with Crippen LogP contribution in [-0.4, -0.2) is 32.8 Å². The first-order valence-electron chi connectivity index (χ1n) is 8.78. The standard InChI is InChI=1S/C21H14N4O4S/c26-14-8-6-13(7-9-14)22-16-11-17(27)15(10-18(16)28)20-24-25-21(30-20)23-19(29)12-4-2-1-3-5-12/h1-11,22,26H,(H,23,25,29). The summed E-state index contributed by atoms with van der Waals surface area (Å²) in [6.45, 7) is 0. The lowest BCUT2D eigenvalue weighted by Gasteiger charge is -2.12. The number of nitrogens with one attached hydrogen (secondary N) is 2. The highest BCUT2D eigenvalue weighted by atomic mass is 32.1. The van der Waals surface area contributed by atoms with Gasteiger partial charge in [0, 0.05) is 23.4 Å². The molecule has 1 amide bonds. The summed E-state index contributed by atoms with van der Waals surface area (Å²) in [6.07, 6.45) is 2.38. The van der Waals surface area contributed by atoms with Gasteiger partial charge in [0.2, 0.25) is 10.9 Å². The normalized spacial score (nSPS) is 13.5. The molecule has 8 nitrogen and oxygen atoms in total. The number of carbonyl (C=O) groups excluding carboxylic acids is 3. The predicted octanol–water partition coefficient (Wildman–Crippen LogP) is 3.03. The second-order valence-corrected chi connectivity index (χ2v) is 7.23. The van der Waals surface area contributed by atoms with E-state index in [1.165, 1.54) is 24.3 Å². The third-order valence-electron chi connectivity index (χ3n) is 4.14. The van der Waals surface area contributed by atoms with Gasteiger partial charge < -0.3 is 10.4 Å². The van der Waals surface area contributed by atoms with E-state index in [1.807, 2.05) is 0 Å². The molecule has 3 N–H and O–H groups in total. The van der Waals surface area contributed by atoms with E-state index in [-0.39, 0.29) is 33.1 Å². The zero-order chi connectivity index (χ0) is 21.1. The predicted molar refractivity (Wildman–Crippen MR) is 112 cm³/mol. The number of nitrogens with zero attached hydrogens (tertiary/aromatic N) is 2. The molecule has 0 bridgehead atoms. The Kier molecular flexibility index (Phi) is 5.19. The molecule has 0 atom stereocenters. The monoisotopic (exact) mass is 418 g/mol. The van der Waals surface area contributed by atoms with Crippen molar-refractivity contribution >= 4 is 45.2 Å². The molecule has 0 aliphatic heterocycles. The van der Waals surface area contributed by atoms with E-state index in [4.69, 9.17) is 0 Å². The lowest BCUT2D eigenvalue weighted by atomic mass is 10.0. The number of benzene rings is 2. The third-order valence-corrected chi connectivity index (χ3v) is 5.01. The van der Waals surface area contributed by atoms with Crippen LogP contribution in [0.4, 0.5) is 10.8 Å². The lowest BCUT2D eigenvalue weighted by Crippen LogP contribution is -2.17. The second-order valence-electron chi connectivity index (χ2n) is 6.25. The van der Waals surface area contributed by atoms with E-state index in [1.54, 1.807) is 42.5 Å². The van der Waals surface area contributed by atoms with Crippen LogP contribution >= 0.6 is 11.3 Å². The van der Waals surface area contributed by atoms with Crippen molar-refractivity contribution in [1.82, 2.24) is 10.2 Å². The van der Waals surface area contributed by atoms with Crippen LogP contribution in [0.5, 0.6) is 5.75 Å². The summed E-state index contributed by atoms with van der Waals surface area (Å²) in [5, 5.41) is 23.1. The van der Waals surface area contributed by atoms with E-state index < -0.39 is 11.6 Å². The molecule has 0 saturated heterocycles. The van der Waals surface area contributed by atoms with Gasteiger partial charge in [-0.3, -0.25) is 19.7 Å². The largest absolute Gasteiger partial charge is 0.508 e. The Morgan fingerprint density at radius 2 is 1.63 bits per heavy atom. The molecule has 0 fully saturated rings. The molecular weight excluding hydrogens is 404 g/mol. The number of phenols is 1. The molecule has 0 radical (unpaired) electrons. The van der Waals surface area contributed by atoms with Crippen LogP contribution in [0, 0.1) is 0 Å². The summed E-state index contributed by atoms with van der Waals surface area (Å²) in [5.41, 5.74) is 1.23. The van der Waals surface area contributed by atoms with E-state index in [0.29, 0.717) is 11.3 Å². The number of carbonyl (C=O) groups is 3. The zero-order valence-electron chi connectivity index (χ0n) is 15.3. The highest BCUT2D eigenvalue weighted by molar-refractivity contribution is 7.16. The van der Waals surface area contributed by atoms with Gasteiger partial charge in [0.1, 0.15) is 5.75 Å². The molecule has 9 heteroatoms. The maximum atomic E-state index is 12.5. The molecule has 4 rings (SSSR count). The molecule has 3 aromatic rings. The number of rotatable bonds is 5. The van der Waals surface area contributed by atoms with Gasteiger partial charge in [-0.1, -0.05) is 29.5 Å². The smallest absolute Gasteiger partial charge is 0.257 e. The third kappa shape index (κ3) is 4.15. The number of phenolic OH excluding ortho intramolecular Hbond substituents is 1. The molecule has 1 aliphatic rings. The Labute approximate surface area is 174 Å². The van der Waals surface area contributed by atoms with Crippen LogP contribution < -0.4 is 10.6 Å². The summed E-state index contributed by atoms with van der Waals surface area (Å²) in [5.74, 6) is -1.07. The van der Waals surface area contributed by atoms with Crippen LogP contribution in [0.2, 0.25) is 0 Å². The average Bonchev–Trinajstić information content (AvgIpc) is 3.21. The van der Waals surface area contributed by atoms with Gasteiger partial charge in [0.15, 0.2) is 10.8 Å². The van der Waals surface area contributed by atoms with Crippen molar-refractivity contribution in [3.05, 3.63) is 83.0 Å². The van der Waals surface area contributed by atoms with Crippen molar-refractivity contribution in [2.75, 3.05) is 10.6 Å². The number of allylic oxidation sites excluding steroid dienone is 3. The summed E-state index contributed by atoms with van der Waals surface area (Å²) in [4.78, 5) is 37.2. The highest BCUT2D eigenvalue weighted by Crippen LogP contribution is 2.28. The number of ketones is 2. The van der Waals surface area contributed by atoms with E-state index in [2.05, 4.69) is 20.8 Å². The minimum absolute atomic E-state index is 0.0918. The van der Waals surface area contributed by atoms with Crippen molar-refractivity contribution in [2.45, 2.75) is 0 Å². The van der Waals surface area contributed by atoms with Crippen molar-refractivity contribution in [1.29, 1.82) is 0 Å². The van der Waals surface area contributed by atoms with Gasteiger partial charge >= 0.3 is 0 Å². The number of hydrogen-bond donors (Lipinski definition) is 3. The Morgan fingerprint density at radius 3 is 2.37 bits per heavy atom. The van der Waals surface area contributed by atoms with Crippen LogP contribution in [0.15, 0.2) is 72.4 Å². The van der Waals surface area contributed by atoms with E-state index in [0.717, 1.165) is 11.3 Å². The molecule has 0 spiro atoms. The zero-order valence-corrected chi connectivity index (χ0v) is 16.1. The number of hydrogen-bond acceptors (Lipinski definition) is 8. The van der Waals surface area contributed by atoms with Crippen molar-refractivity contribution in [2.24, 2.45) is 0 Å². The minimum atomic E-state index is -0.409. The lowest BCUT2D eigenvalue weighted by molar-refractivity contribution is -0.113. The topological polar surface area (TPSA) is 121 Å². The Bertz CT molecular complexity index is 1200. The van der Waals surface area contributed by atoms with Crippen molar-refractivity contribution < 1.29 is 19.5 Å². The molecule has 30 heavy (non-hydrogen) atoms. The fourth-order valence-electron chi connectivity index (χ4n) is 2.67. The Balaban J connectivity index is 1.48. The fraction of sp³-hybridized carbons (Fsp3) is 0. The van der Waals surface area contributed by atoms with Crippen LogP contribution in [-0.2, 0) is 9.59 Å². The Hall–Kier alpha value is -4.11. The van der Waals surface area contributed by atoms with Gasteiger partial charge in [0.05, 0.1) is 11.3 Å². The summed E-state index contributed by atoms with van der Waals surface area (Å²) >= 11 is 1.00. The number of aromatic nitrogens is 2. The van der Waals surface area contributed by atoms with Gasteiger partial charge in [0.25, 0.3) is 5.91 Å². The van der Waals surface area contributed by atoms with Gasteiger partial charge in [-0.15, -0.1) is 10.2 Å². The molecule has 0 unspecified atom stereocenters. The van der Waals surface area contributed by atoms with Crippen molar-refractivity contribution in [3.63, 3.8) is 0 Å². The van der Waals surface area contributed by atoms with Crippen LogP contribution in [0.25, 0.3) is 5.57 Å². The molecule has 148 valence electrons. The molecule has 2 aromatic carbocycles. The van der Waals surface area contributed by atoms with Gasteiger partial charge in [-0.25, -0.2) is 0 Å². The number of amides is 1. The maximum Gasteiger partial charge on any atom is 0.257 e. The second kappa shape index (κ2) is 8.10. The van der Waals surface area contributed by atoms with Gasteiger partial charge in [-0.05, 0) is 36.4 Å². The van der Waals surface area contributed by atoms with E-state index in [9.17, 15) is 19.5 Å². The first-order chi connectivity index (χ1) is 14.5. The summed E-state index contributed by atoms with van der Waals surface area (Å²) in [6, 6.07) is 14.7. The SMILES string of the molecule is O=C1C=C(c2nnc(NC(=O)c3ccccc3)s2)C(=O)C=C1Nc1ccc(O)cc1. The molecule has 1 aromatic heterocycles. The number of anilines is 2. The van der Waals surface area contributed by atoms with Crippen LogP contribution in [0.3, 0.4) is 0 Å². The fourth-order valence-corrected chi connectivity index (χ4v) is 3.43. The van der Waals surface area contributed by atoms with Crippen LogP contribution in [0.1, 0.15) is 15.4 Å². The first-order valence-corrected chi connectivity index (χ1v) is 9.59. The summed E-state index contributed by atoms with van der Waals surface area (Å²) < 4.78 is 0. The molecular formula is C21H14N4O4S. The molecule has 0 saturated carbocycles. The highest BCUT2D eigenvalue weighted by Gasteiger charge is 2.24. The minimum Gasteiger partial charge on any atom is -0.508 e. The number of aromatic hydroxyl groups is 1. The van der Waals surface area contributed by atoms with Crippen molar-refractivity contribution in [3.8, 4) is 5.75 Å². The maximum absolute atomic E-state index is 12.5. The average molecular weight is 418 g/mol. The van der Waals surface area contributed by atoms with Gasteiger partial charge in [-0.2, -0.15) is 0 Å². The summed E-state index contributed by atoms with van der Waals surface area (Å²) in [7, 11) is 0. The molecule has 1 aliphatic carbocycles. The Morgan fingerprint density at radius 1 is 0.900 bits per heavy atom.